The molecule has 2 aliphatic heterocycles. The number of rotatable bonds is 3. The fraction of sp³-hybridized carbons (Fsp3) is 0.417. The standard InChI is InChI=1S/C12H14ClNO2.C7H6Cl2.C5H9NO2/c1-12(2)8-16-14(11(12)15)7-9-5-3-4-6-10(9)13;8-5-6-3-1-2-4-7(6)9;1-5(2)3-8-6-4(5)7/h3-6H,7-8H2,1-2H3;1-4H,5H2;3H2,1-2H3,(H,6,7). The molecule has 2 aliphatic rings. The molecule has 2 fully saturated rings. The maximum absolute atomic E-state index is 11.9. The molecule has 180 valence electrons. The van der Waals surface area contributed by atoms with E-state index in [9.17, 15) is 9.59 Å². The molecule has 0 saturated carbocycles. The maximum atomic E-state index is 11.9. The van der Waals surface area contributed by atoms with Crippen molar-refractivity contribution in [1.82, 2.24) is 10.5 Å². The monoisotopic (exact) mass is 514 g/mol. The van der Waals surface area contributed by atoms with E-state index in [0.717, 1.165) is 16.1 Å². The number of hydroxylamine groups is 3. The summed E-state index contributed by atoms with van der Waals surface area (Å²) in [4.78, 5) is 32.6. The largest absolute Gasteiger partial charge is 0.273 e. The third-order valence-electron chi connectivity index (χ3n) is 4.97. The molecule has 0 aliphatic carbocycles. The molecule has 2 amide bonds. The summed E-state index contributed by atoms with van der Waals surface area (Å²) in [6, 6.07) is 15.0. The first-order valence-electron chi connectivity index (χ1n) is 10.4. The molecule has 0 radical (unpaired) electrons. The molecule has 4 rings (SSSR count). The highest BCUT2D eigenvalue weighted by Gasteiger charge is 2.40. The lowest BCUT2D eigenvalue weighted by atomic mass is 9.95. The van der Waals surface area contributed by atoms with Gasteiger partial charge in [0.15, 0.2) is 0 Å². The lowest BCUT2D eigenvalue weighted by molar-refractivity contribution is -0.165. The second-order valence-electron chi connectivity index (χ2n) is 8.92. The van der Waals surface area contributed by atoms with E-state index in [1.807, 2.05) is 76.2 Å². The van der Waals surface area contributed by atoms with Gasteiger partial charge in [0.1, 0.15) is 0 Å². The van der Waals surface area contributed by atoms with Crippen LogP contribution in [0.15, 0.2) is 48.5 Å². The number of halogens is 3. The van der Waals surface area contributed by atoms with Crippen LogP contribution < -0.4 is 5.48 Å². The van der Waals surface area contributed by atoms with Gasteiger partial charge in [-0.05, 0) is 51.0 Å². The summed E-state index contributed by atoms with van der Waals surface area (Å²) in [6.07, 6.45) is 0. The van der Waals surface area contributed by atoms with Crippen molar-refractivity contribution in [3.05, 3.63) is 69.7 Å². The number of hydrogen-bond acceptors (Lipinski definition) is 4. The van der Waals surface area contributed by atoms with E-state index in [0.29, 0.717) is 30.7 Å². The Labute approximate surface area is 210 Å². The summed E-state index contributed by atoms with van der Waals surface area (Å²) in [5, 5.41) is 2.79. The Bertz CT molecular complexity index is 966. The number of hydrogen-bond donors (Lipinski definition) is 1. The van der Waals surface area contributed by atoms with Crippen LogP contribution in [0, 0.1) is 10.8 Å². The van der Waals surface area contributed by atoms with Crippen molar-refractivity contribution in [3.8, 4) is 0 Å². The van der Waals surface area contributed by atoms with Gasteiger partial charge in [-0.15, -0.1) is 11.6 Å². The van der Waals surface area contributed by atoms with E-state index in [4.69, 9.17) is 39.6 Å². The highest BCUT2D eigenvalue weighted by Crippen LogP contribution is 2.29. The van der Waals surface area contributed by atoms with Crippen molar-refractivity contribution >= 4 is 46.6 Å². The lowest BCUT2D eigenvalue weighted by Gasteiger charge is -2.16. The van der Waals surface area contributed by atoms with Gasteiger partial charge in [0.2, 0.25) is 0 Å². The van der Waals surface area contributed by atoms with Crippen LogP contribution in [0.25, 0.3) is 0 Å². The summed E-state index contributed by atoms with van der Waals surface area (Å²) >= 11 is 17.3. The number of nitrogens with zero attached hydrogens (tertiary/aromatic N) is 1. The van der Waals surface area contributed by atoms with Gasteiger partial charge >= 0.3 is 0 Å². The smallest absolute Gasteiger partial charge is 0.254 e. The van der Waals surface area contributed by atoms with Gasteiger partial charge in [0.25, 0.3) is 11.8 Å². The van der Waals surface area contributed by atoms with Gasteiger partial charge in [0.05, 0.1) is 30.6 Å². The number of carbonyl (C=O) groups is 2. The van der Waals surface area contributed by atoms with Crippen LogP contribution in [-0.4, -0.2) is 30.1 Å². The number of amides is 2. The van der Waals surface area contributed by atoms with E-state index in [1.165, 1.54) is 5.06 Å². The normalized spacial score (nSPS) is 18.1. The molecule has 1 N–H and O–H groups in total. The molecule has 0 unspecified atom stereocenters. The van der Waals surface area contributed by atoms with Crippen molar-refractivity contribution in [2.24, 2.45) is 10.8 Å². The van der Waals surface area contributed by atoms with Crippen molar-refractivity contribution in [3.63, 3.8) is 0 Å². The van der Waals surface area contributed by atoms with E-state index in [1.54, 1.807) is 0 Å². The first-order chi connectivity index (χ1) is 15.5. The summed E-state index contributed by atoms with van der Waals surface area (Å²) in [7, 11) is 0. The van der Waals surface area contributed by atoms with Crippen molar-refractivity contribution in [1.29, 1.82) is 0 Å². The van der Waals surface area contributed by atoms with E-state index in [-0.39, 0.29) is 17.2 Å². The fourth-order valence-corrected chi connectivity index (χ4v) is 3.39. The summed E-state index contributed by atoms with van der Waals surface area (Å²) < 4.78 is 0. The molecular formula is C24H29Cl3N2O4. The average Bonchev–Trinajstić information content (AvgIpc) is 3.22. The third-order valence-corrected chi connectivity index (χ3v) is 6.00. The summed E-state index contributed by atoms with van der Waals surface area (Å²) in [6.45, 7) is 8.75. The van der Waals surface area contributed by atoms with Gasteiger partial charge in [0, 0.05) is 15.9 Å². The first kappa shape index (κ1) is 27.4. The van der Waals surface area contributed by atoms with Crippen molar-refractivity contribution < 1.29 is 19.3 Å². The second kappa shape index (κ2) is 12.0. The minimum atomic E-state index is -0.429. The van der Waals surface area contributed by atoms with Gasteiger partial charge in [-0.25, -0.2) is 10.5 Å². The van der Waals surface area contributed by atoms with E-state index < -0.39 is 5.41 Å². The molecule has 0 bridgehead atoms. The quantitative estimate of drug-likeness (QED) is 0.525. The van der Waals surface area contributed by atoms with Gasteiger partial charge in [-0.1, -0.05) is 59.6 Å². The van der Waals surface area contributed by atoms with Crippen LogP contribution in [0.3, 0.4) is 0 Å². The topological polar surface area (TPSA) is 67.9 Å². The van der Waals surface area contributed by atoms with Gasteiger partial charge in [-0.3, -0.25) is 19.3 Å². The van der Waals surface area contributed by atoms with Gasteiger partial charge < -0.3 is 0 Å². The Morgan fingerprint density at radius 2 is 1.42 bits per heavy atom. The molecule has 33 heavy (non-hydrogen) atoms. The highest BCUT2D eigenvalue weighted by atomic mass is 35.5. The van der Waals surface area contributed by atoms with Crippen LogP contribution in [-0.2, 0) is 31.7 Å². The number of carbonyl (C=O) groups excluding carboxylic acids is 2. The number of alkyl halides is 1. The van der Waals surface area contributed by atoms with E-state index >= 15 is 0 Å². The third kappa shape index (κ3) is 7.87. The molecule has 9 heteroatoms. The van der Waals surface area contributed by atoms with Crippen LogP contribution in [0.5, 0.6) is 0 Å². The predicted octanol–water partition coefficient (Wildman–Crippen LogP) is 5.79. The molecule has 0 aromatic heterocycles. The molecule has 0 atom stereocenters. The zero-order chi connectivity index (χ0) is 24.6. The maximum Gasteiger partial charge on any atom is 0.254 e. The van der Waals surface area contributed by atoms with Crippen LogP contribution in [0.4, 0.5) is 0 Å². The fourth-order valence-electron chi connectivity index (χ4n) is 2.69. The van der Waals surface area contributed by atoms with Crippen molar-refractivity contribution in [2.75, 3.05) is 13.2 Å². The zero-order valence-electron chi connectivity index (χ0n) is 19.2. The zero-order valence-corrected chi connectivity index (χ0v) is 21.4. The molecule has 2 heterocycles. The second-order valence-corrected chi connectivity index (χ2v) is 10.0. The Hall–Kier alpha value is -1.83. The molecule has 2 aromatic carbocycles. The molecule has 6 nitrogen and oxygen atoms in total. The first-order valence-corrected chi connectivity index (χ1v) is 11.7. The van der Waals surface area contributed by atoms with Crippen LogP contribution in [0.1, 0.15) is 38.8 Å². The van der Waals surface area contributed by atoms with Gasteiger partial charge in [-0.2, -0.15) is 0 Å². The lowest BCUT2D eigenvalue weighted by Crippen LogP contribution is -2.30. The molecule has 2 aromatic rings. The Kier molecular flexibility index (Phi) is 10.0. The number of benzene rings is 2. The summed E-state index contributed by atoms with van der Waals surface area (Å²) in [5.74, 6) is 0.463. The van der Waals surface area contributed by atoms with Crippen LogP contribution >= 0.6 is 34.8 Å². The Balaban J connectivity index is 0.000000192. The van der Waals surface area contributed by atoms with Crippen molar-refractivity contribution in [2.45, 2.75) is 40.1 Å². The molecule has 2 saturated heterocycles. The Morgan fingerprint density at radius 3 is 1.76 bits per heavy atom. The highest BCUT2D eigenvalue weighted by molar-refractivity contribution is 6.32. The average molecular weight is 516 g/mol. The SMILES string of the molecule is CC1(C)CON(Cc2ccccc2Cl)C1=O.CC1(C)CONC1=O.ClCc1ccccc1Cl. The Morgan fingerprint density at radius 1 is 0.879 bits per heavy atom. The van der Waals surface area contributed by atoms with Crippen LogP contribution in [0.2, 0.25) is 10.0 Å². The molecule has 0 spiro atoms. The predicted molar refractivity (Wildman–Crippen MR) is 131 cm³/mol. The van der Waals surface area contributed by atoms with E-state index in [2.05, 4.69) is 10.3 Å². The number of nitrogens with one attached hydrogen (secondary N) is 1. The minimum absolute atomic E-state index is 0.00687. The minimum Gasteiger partial charge on any atom is -0.273 e. The molecular weight excluding hydrogens is 487 g/mol. The summed E-state index contributed by atoms with van der Waals surface area (Å²) in [5.41, 5.74) is 3.41.